The lowest BCUT2D eigenvalue weighted by Gasteiger charge is -2.19. The molecule has 7 nitrogen and oxygen atoms in total. The van der Waals surface area contributed by atoms with Crippen LogP contribution in [0.3, 0.4) is 0 Å². The van der Waals surface area contributed by atoms with Gasteiger partial charge in [0.25, 0.3) is 5.91 Å². The summed E-state index contributed by atoms with van der Waals surface area (Å²) in [6.45, 7) is 0.447. The first kappa shape index (κ1) is 15.5. The number of H-pyrrole nitrogens is 2. The Hall–Kier alpha value is -2.35. The van der Waals surface area contributed by atoms with Crippen LogP contribution in [0.15, 0.2) is 41.3 Å². The lowest BCUT2D eigenvalue weighted by molar-refractivity contribution is 0.0761. The minimum atomic E-state index is -3.33. The Morgan fingerprint density at radius 1 is 1.17 bits per heavy atom. The van der Waals surface area contributed by atoms with Gasteiger partial charge in [0.15, 0.2) is 9.84 Å². The predicted molar refractivity (Wildman–Crippen MR) is 84.9 cm³/mol. The van der Waals surface area contributed by atoms with E-state index in [1.807, 2.05) is 18.2 Å². The molecule has 2 N–H and O–H groups in total. The van der Waals surface area contributed by atoms with Gasteiger partial charge in [-0.05, 0) is 12.0 Å². The van der Waals surface area contributed by atoms with Crippen LogP contribution in [-0.4, -0.2) is 48.0 Å². The second kappa shape index (κ2) is 6.04. The Labute approximate surface area is 133 Å². The molecule has 1 aromatic carbocycles. The van der Waals surface area contributed by atoms with Crippen molar-refractivity contribution in [3.8, 4) is 0 Å². The summed E-state index contributed by atoms with van der Waals surface area (Å²) < 4.78 is 25.0. The molecule has 0 saturated carbocycles. The van der Waals surface area contributed by atoms with Crippen molar-refractivity contribution in [3.05, 3.63) is 58.3 Å². The average molecular weight is 335 g/mol. The largest absolute Gasteiger partial charge is 0.336 e. The van der Waals surface area contributed by atoms with E-state index < -0.39 is 20.8 Å². The highest BCUT2D eigenvalue weighted by molar-refractivity contribution is 7.91. The molecule has 23 heavy (non-hydrogen) atoms. The summed E-state index contributed by atoms with van der Waals surface area (Å²) in [7, 11) is -3.33. The number of carbonyl (C=O) groups excluding carboxylic acids is 1. The summed E-state index contributed by atoms with van der Waals surface area (Å²) in [4.78, 5) is 29.7. The highest BCUT2D eigenvalue weighted by Gasteiger charge is 2.33. The van der Waals surface area contributed by atoms with Crippen LogP contribution in [0.2, 0.25) is 0 Å². The van der Waals surface area contributed by atoms with E-state index in [-0.39, 0.29) is 23.9 Å². The third-order valence-electron chi connectivity index (χ3n) is 4.03. The molecule has 2 aromatic rings. The minimum Gasteiger partial charge on any atom is -0.336 e. The zero-order valence-corrected chi connectivity index (χ0v) is 13.2. The maximum atomic E-state index is 12.5. The fourth-order valence-corrected chi connectivity index (χ4v) is 4.60. The Morgan fingerprint density at radius 3 is 2.57 bits per heavy atom. The Balaban J connectivity index is 1.83. The number of amides is 1. The predicted octanol–water partition coefficient (Wildman–Crippen LogP) is 0.705. The van der Waals surface area contributed by atoms with Gasteiger partial charge in [-0.3, -0.25) is 4.79 Å². The van der Waals surface area contributed by atoms with E-state index in [0.717, 1.165) is 5.56 Å². The summed E-state index contributed by atoms with van der Waals surface area (Å²) in [6.07, 6.45) is 1.64. The monoisotopic (exact) mass is 335 g/mol. The Bertz CT molecular complexity index is 854. The van der Waals surface area contributed by atoms with Crippen LogP contribution < -0.4 is 5.69 Å². The molecule has 0 aliphatic carbocycles. The molecule has 1 aliphatic rings. The van der Waals surface area contributed by atoms with Crippen molar-refractivity contribution in [2.24, 2.45) is 0 Å². The maximum Gasteiger partial charge on any atom is 0.323 e. The number of imidazole rings is 1. The number of hydrogen-bond donors (Lipinski definition) is 2. The number of nitrogens with one attached hydrogen (secondary N) is 2. The molecule has 0 bridgehead atoms. The fourth-order valence-electron chi connectivity index (χ4n) is 2.81. The maximum absolute atomic E-state index is 12.5. The van der Waals surface area contributed by atoms with Crippen LogP contribution in [0.5, 0.6) is 0 Å². The number of nitrogens with zero attached hydrogens (tertiary/aromatic N) is 1. The molecule has 0 unspecified atom stereocenters. The number of hydrogen-bond acceptors (Lipinski definition) is 4. The van der Waals surface area contributed by atoms with Gasteiger partial charge in [0.05, 0.1) is 11.0 Å². The Kier molecular flexibility index (Phi) is 4.08. The van der Waals surface area contributed by atoms with Crippen LogP contribution >= 0.6 is 0 Å². The standard InChI is InChI=1S/C15H17N3O4S/c19-14(12-10-16-15(20)17-12)18-7-6-13(23(21,22)9-8-18)11-4-2-1-3-5-11/h1-5,10,13H,6-9H2,(H2,16,17,20)/t13-/m0/s1. The van der Waals surface area contributed by atoms with Crippen molar-refractivity contribution in [3.63, 3.8) is 0 Å². The molecule has 1 aliphatic heterocycles. The van der Waals surface area contributed by atoms with E-state index in [1.54, 1.807) is 12.1 Å². The molecule has 122 valence electrons. The number of rotatable bonds is 2. The van der Waals surface area contributed by atoms with Crippen LogP contribution in [0.25, 0.3) is 0 Å². The van der Waals surface area contributed by atoms with Crippen molar-refractivity contribution < 1.29 is 13.2 Å². The number of carbonyl (C=O) groups is 1. The van der Waals surface area contributed by atoms with Gasteiger partial charge in [-0.1, -0.05) is 30.3 Å². The van der Waals surface area contributed by atoms with E-state index in [9.17, 15) is 18.0 Å². The zero-order chi connectivity index (χ0) is 16.4. The molecule has 1 saturated heterocycles. The van der Waals surface area contributed by atoms with Crippen LogP contribution in [0.1, 0.15) is 27.7 Å². The quantitative estimate of drug-likeness (QED) is 0.843. The molecule has 1 amide bonds. The van der Waals surface area contributed by atoms with Gasteiger partial charge in [0.2, 0.25) is 0 Å². The van der Waals surface area contributed by atoms with Crippen LogP contribution in [-0.2, 0) is 9.84 Å². The highest BCUT2D eigenvalue weighted by Crippen LogP contribution is 2.29. The summed E-state index contributed by atoms with van der Waals surface area (Å²) in [5.41, 5.74) is 0.431. The fraction of sp³-hybridized carbons (Fsp3) is 0.333. The van der Waals surface area contributed by atoms with Crippen molar-refractivity contribution in [1.82, 2.24) is 14.9 Å². The molecule has 0 radical (unpaired) electrons. The molecule has 8 heteroatoms. The van der Waals surface area contributed by atoms with Crippen molar-refractivity contribution >= 4 is 15.7 Å². The molecular weight excluding hydrogens is 318 g/mol. The SMILES string of the molecule is O=C(c1c[nH]c(=O)[nH]1)N1CC[C@@H](c2ccccc2)S(=O)(=O)CC1. The van der Waals surface area contributed by atoms with Gasteiger partial charge in [-0.15, -0.1) is 0 Å². The number of benzene rings is 1. The van der Waals surface area contributed by atoms with Gasteiger partial charge < -0.3 is 14.9 Å². The molecule has 0 spiro atoms. The summed E-state index contributed by atoms with van der Waals surface area (Å²) in [5.74, 6) is -0.459. The van der Waals surface area contributed by atoms with Gasteiger partial charge >= 0.3 is 5.69 Å². The molecule has 1 atom stereocenters. The third-order valence-corrected chi connectivity index (χ3v) is 6.15. The number of sulfone groups is 1. The van der Waals surface area contributed by atoms with Gasteiger partial charge in [0.1, 0.15) is 5.69 Å². The van der Waals surface area contributed by atoms with Gasteiger partial charge in [-0.2, -0.15) is 0 Å². The first-order valence-electron chi connectivity index (χ1n) is 7.31. The molecule has 1 aromatic heterocycles. The summed E-state index contributed by atoms with van der Waals surface area (Å²) in [6, 6.07) is 9.05. The van der Waals surface area contributed by atoms with Crippen LogP contribution in [0.4, 0.5) is 0 Å². The van der Waals surface area contributed by atoms with E-state index in [1.165, 1.54) is 11.1 Å². The lowest BCUT2D eigenvalue weighted by Crippen LogP contribution is -2.34. The minimum absolute atomic E-state index is 0.0903. The molecule has 3 rings (SSSR count). The van der Waals surface area contributed by atoms with Crippen molar-refractivity contribution in [2.75, 3.05) is 18.8 Å². The van der Waals surface area contributed by atoms with E-state index in [0.29, 0.717) is 13.0 Å². The van der Waals surface area contributed by atoms with Crippen molar-refractivity contribution in [1.29, 1.82) is 0 Å². The lowest BCUT2D eigenvalue weighted by atomic mass is 10.1. The molecule has 2 heterocycles. The van der Waals surface area contributed by atoms with E-state index in [4.69, 9.17) is 0 Å². The first-order valence-corrected chi connectivity index (χ1v) is 9.02. The Morgan fingerprint density at radius 2 is 1.91 bits per heavy atom. The average Bonchev–Trinajstić information content (AvgIpc) is 2.90. The van der Waals surface area contributed by atoms with Crippen LogP contribution in [0, 0.1) is 0 Å². The third kappa shape index (κ3) is 3.21. The van der Waals surface area contributed by atoms with Gasteiger partial charge in [0, 0.05) is 19.3 Å². The topological polar surface area (TPSA) is 103 Å². The zero-order valence-electron chi connectivity index (χ0n) is 12.4. The summed E-state index contributed by atoms with van der Waals surface area (Å²) >= 11 is 0. The highest BCUT2D eigenvalue weighted by atomic mass is 32.2. The second-order valence-corrected chi connectivity index (χ2v) is 7.81. The van der Waals surface area contributed by atoms with Gasteiger partial charge in [-0.25, -0.2) is 13.2 Å². The van der Waals surface area contributed by atoms with Crippen molar-refractivity contribution in [2.45, 2.75) is 11.7 Å². The molecule has 1 fully saturated rings. The number of aromatic nitrogens is 2. The molecular formula is C15H17N3O4S. The summed E-state index contributed by atoms with van der Waals surface area (Å²) in [5, 5.41) is -0.605. The number of aromatic amines is 2. The van der Waals surface area contributed by atoms with E-state index >= 15 is 0 Å². The second-order valence-electron chi connectivity index (χ2n) is 5.50. The first-order chi connectivity index (χ1) is 11.0. The smallest absolute Gasteiger partial charge is 0.323 e. The van der Waals surface area contributed by atoms with E-state index in [2.05, 4.69) is 9.97 Å². The normalized spacial score (nSPS) is 20.9.